The Labute approximate surface area is 242 Å². The van der Waals surface area contributed by atoms with Crippen LogP contribution in [0.15, 0.2) is 82.8 Å². The number of anilines is 1. The third-order valence-corrected chi connectivity index (χ3v) is 8.82. The molecule has 0 radical (unpaired) electrons. The number of aryl methyl sites for hydroxylation is 2. The molecule has 0 unspecified atom stereocenters. The Bertz CT molecular complexity index is 1670. The summed E-state index contributed by atoms with van der Waals surface area (Å²) in [5, 5.41) is 5.55. The molecule has 0 aliphatic carbocycles. The fourth-order valence-electron chi connectivity index (χ4n) is 4.06. The molecule has 39 heavy (non-hydrogen) atoms. The Morgan fingerprint density at radius 1 is 0.949 bits per heavy atom. The summed E-state index contributed by atoms with van der Waals surface area (Å²) in [5.41, 5.74) is 6.66. The van der Waals surface area contributed by atoms with Gasteiger partial charge in [-0.2, -0.15) is 5.10 Å². The predicted molar refractivity (Wildman–Crippen MR) is 158 cm³/mol. The van der Waals surface area contributed by atoms with Gasteiger partial charge in [-0.25, -0.2) is 13.8 Å². The van der Waals surface area contributed by atoms with E-state index in [-0.39, 0.29) is 10.6 Å². The number of amides is 1. The van der Waals surface area contributed by atoms with E-state index >= 15 is 0 Å². The van der Waals surface area contributed by atoms with Gasteiger partial charge in [-0.15, -0.1) is 0 Å². The molecule has 1 amide bonds. The van der Waals surface area contributed by atoms with E-state index in [1.807, 2.05) is 24.5 Å². The highest BCUT2D eigenvalue weighted by Crippen LogP contribution is 2.29. The van der Waals surface area contributed by atoms with Gasteiger partial charge in [0.15, 0.2) is 0 Å². The Morgan fingerprint density at radius 2 is 1.67 bits per heavy atom. The first-order valence-corrected chi connectivity index (χ1v) is 14.4. The Balaban J connectivity index is 1.58. The second-order valence-corrected chi connectivity index (χ2v) is 11.9. The van der Waals surface area contributed by atoms with Gasteiger partial charge in [-0.05, 0) is 74.9 Å². The summed E-state index contributed by atoms with van der Waals surface area (Å²) in [7, 11) is -4.07. The van der Waals surface area contributed by atoms with Gasteiger partial charge in [0.2, 0.25) is 0 Å². The Morgan fingerprint density at radius 3 is 2.36 bits per heavy atom. The molecule has 0 saturated heterocycles. The first-order chi connectivity index (χ1) is 18.5. The maximum Gasteiger partial charge on any atom is 0.264 e. The van der Waals surface area contributed by atoms with Crippen molar-refractivity contribution < 1.29 is 13.2 Å². The molecule has 3 aromatic carbocycles. The first-order valence-electron chi connectivity index (χ1n) is 11.8. The van der Waals surface area contributed by atoms with Crippen LogP contribution in [0.3, 0.4) is 0 Å². The summed E-state index contributed by atoms with van der Waals surface area (Å²) >= 11 is 18.8. The van der Waals surface area contributed by atoms with Gasteiger partial charge in [0.25, 0.3) is 15.9 Å². The molecule has 0 aliphatic heterocycles. The molecule has 202 valence electrons. The van der Waals surface area contributed by atoms with Crippen LogP contribution in [0.25, 0.3) is 5.69 Å². The van der Waals surface area contributed by atoms with Crippen LogP contribution in [0.1, 0.15) is 22.5 Å². The zero-order valence-electron chi connectivity index (χ0n) is 21.3. The predicted octanol–water partition coefficient (Wildman–Crippen LogP) is 6.71. The fraction of sp³-hybridized carbons (Fsp3) is 0.143. The lowest BCUT2D eigenvalue weighted by Gasteiger charge is -2.24. The number of halogens is 3. The maximum absolute atomic E-state index is 13.5. The van der Waals surface area contributed by atoms with E-state index in [0.717, 1.165) is 32.5 Å². The quantitative estimate of drug-likeness (QED) is 0.180. The standard InChI is InChI=1S/C28H25Cl3N4O3S/c1-18-9-11-23(15-26(18)31)34(39(37,38)24-7-5-4-6-8-24)17-28(36)33-32-16-21-13-19(2)35(20(21)3)27-14-22(29)10-12-25(27)30/h4-16H,17H2,1-3H3,(H,33,36)/b32-16-. The molecule has 4 aromatic rings. The fourth-order valence-corrected chi connectivity index (χ4v) is 6.03. The number of sulfonamides is 1. The molecule has 0 bridgehead atoms. The lowest BCUT2D eigenvalue weighted by Crippen LogP contribution is -2.39. The van der Waals surface area contributed by atoms with E-state index in [1.54, 1.807) is 55.5 Å². The minimum Gasteiger partial charge on any atom is -0.316 e. The van der Waals surface area contributed by atoms with Crippen LogP contribution in [0, 0.1) is 20.8 Å². The summed E-state index contributed by atoms with van der Waals surface area (Å²) in [4.78, 5) is 13.0. The minimum atomic E-state index is -4.07. The van der Waals surface area contributed by atoms with Crippen LogP contribution >= 0.6 is 34.8 Å². The van der Waals surface area contributed by atoms with E-state index < -0.39 is 22.5 Å². The van der Waals surface area contributed by atoms with Crippen LogP contribution in [0.2, 0.25) is 15.1 Å². The smallest absolute Gasteiger partial charge is 0.264 e. The third kappa shape index (κ3) is 6.31. The normalized spacial score (nSPS) is 11.6. The zero-order valence-corrected chi connectivity index (χ0v) is 24.4. The second-order valence-electron chi connectivity index (χ2n) is 8.81. The van der Waals surface area contributed by atoms with Crippen LogP contribution in [-0.4, -0.2) is 31.7 Å². The molecule has 4 rings (SSSR count). The molecule has 1 N–H and O–H groups in total. The van der Waals surface area contributed by atoms with Crippen molar-refractivity contribution in [3.05, 3.63) is 110 Å². The molecule has 0 saturated carbocycles. The highest BCUT2D eigenvalue weighted by atomic mass is 35.5. The van der Waals surface area contributed by atoms with E-state index in [0.29, 0.717) is 15.1 Å². The average Bonchev–Trinajstić information content (AvgIpc) is 3.18. The van der Waals surface area contributed by atoms with Crippen molar-refractivity contribution in [2.24, 2.45) is 5.10 Å². The summed E-state index contributed by atoms with van der Waals surface area (Å²) in [5.74, 6) is -0.630. The summed E-state index contributed by atoms with van der Waals surface area (Å²) in [6.07, 6.45) is 1.49. The number of benzene rings is 3. The van der Waals surface area contributed by atoms with Gasteiger partial charge < -0.3 is 4.57 Å². The van der Waals surface area contributed by atoms with Crippen molar-refractivity contribution in [1.82, 2.24) is 9.99 Å². The van der Waals surface area contributed by atoms with Gasteiger partial charge in [0.1, 0.15) is 6.54 Å². The lowest BCUT2D eigenvalue weighted by atomic mass is 10.2. The number of rotatable bonds is 8. The van der Waals surface area contributed by atoms with E-state index in [4.69, 9.17) is 34.8 Å². The molecule has 7 nitrogen and oxygen atoms in total. The van der Waals surface area contributed by atoms with E-state index in [9.17, 15) is 13.2 Å². The summed E-state index contributed by atoms with van der Waals surface area (Å²) < 4.78 is 29.9. The molecule has 0 fully saturated rings. The topological polar surface area (TPSA) is 83.8 Å². The van der Waals surface area contributed by atoms with Crippen LogP contribution < -0.4 is 9.73 Å². The molecule has 1 heterocycles. The van der Waals surface area contributed by atoms with Crippen molar-refractivity contribution >= 4 is 62.6 Å². The molecule has 1 aromatic heterocycles. The van der Waals surface area contributed by atoms with Crippen LogP contribution in [-0.2, 0) is 14.8 Å². The minimum absolute atomic E-state index is 0.0464. The van der Waals surface area contributed by atoms with Gasteiger partial charge in [0.05, 0.1) is 27.5 Å². The zero-order chi connectivity index (χ0) is 28.3. The number of carbonyl (C=O) groups is 1. The molecule has 11 heteroatoms. The average molecular weight is 604 g/mol. The van der Waals surface area contributed by atoms with Crippen molar-refractivity contribution in [2.45, 2.75) is 25.7 Å². The number of nitrogens with zero attached hydrogens (tertiary/aromatic N) is 3. The van der Waals surface area contributed by atoms with Crippen molar-refractivity contribution in [3.63, 3.8) is 0 Å². The first kappa shape index (κ1) is 28.7. The molecule has 0 atom stereocenters. The summed E-state index contributed by atoms with van der Waals surface area (Å²) in [6.45, 7) is 5.11. The third-order valence-electron chi connectivity index (χ3n) is 6.07. The maximum atomic E-state index is 13.5. The highest BCUT2D eigenvalue weighted by Gasteiger charge is 2.27. The molecular weight excluding hydrogens is 579 g/mol. The second kappa shape index (κ2) is 11.8. The Hall–Kier alpha value is -3.30. The number of hydrazone groups is 1. The van der Waals surface area contributed by atoms with Crippen molar-refractivity contribution in [1.29, 1.82) is 0 Å². The lowest BCUT2D eigenvalue weighted by molar-refractivity contribution is -0.119. The number of aromatic nitrogens is 1. The van der Waals surface area contributed by atoms with Gasteiger partial charge in [-0.3, -0.25) is 9.10 Å². The Kier molecular flexibility index (Phi) is 8.71. The number of carbonyl (C=O) groups excluding carboxylic acids is 1. The molecule has 0 aliphatic rings. The van der Waals surface area contributed by atoms with Gasteiger partial charge >= 0.3 is 0 Å². The monoisotopic (exact) mass is 602 g/mol. The summed E-state index contributed by atoms with van der Waals surface area (Å²) in [6, 6.07) is 19.8. The number of hydrogen-bond donors (Lipinski definition) is 1. The largest absolute Gasteiger partial charge is 0.316 e. The number of nitrogens with one attached hydrogen (secondary N) is 1. The van der Waals surface area contributed by atoms with Crippen LogP contribution in [0.5, 0.6) is 0 Å². The van der Waals surface area contributed by atoms with Crippen LogP contribution in [0.4, 0.5) is 5.69 Å². The SMILES string of the molecule is Cc1ccc(N(CC(=O)N/N=C\c2cc(C)n(-c3cc(Cl)ccc3Cl)c2C)S(=O)(=O)c2ccccc2)cc1Cl. The van der Waals surface area contributed by atoms with E-state index in [1.165, 1.54) is 24.4 Å². The van der Waals surface area contributed by atoms with Crippen molar-refractivity contribution in [2.75, 3.05) is 10.8 Å². The highest BCUT2D eigenvalue weighted by molar-refractivity contribution is 7.92. The van der Waals surface area contributed by atoms with E-state index in [2.05, 4.69) is 10.5 Å². The number of hydrogen-bond acceptors (Lipinski definition) is 4. The van der Waals surface area contributed by atoms with Gasteiger partial charge in [0, 0.05) is 27.0 Å². The molecule has 0 spiro atoms. The molecular formula is C28H25Cl3N4O3S. The van der Waals surface area contributed by atoms with Gasteiger partial charge in [-0.1, -0.05) is 59.1 Å². The van der Waals surface area contributed by atoms with Crippen molar-refractivity contribution in [3.8, 4) is 5.69 Å².